The van der Waals surface area contributed by atoms with Crippen molar-refractivity contribution < 1.29 is 23.5 Å². The van der Waals surface area contributed by atoms with Gasteiger partial charge in [0.25, 0.3) is 5.91 Å². The van der Waals surface area contributed by atoms with Gasteiger partial charge in [-0.2, -0.15) is 0 Å². The summed E-state index contributed by atoms with van der Waals surface area (Å²) in [5.74, 6) is 0.580. The predicted molar refractivity (Wildman–Crippen MR) is 127 cm³/mol. The second-order valence-electron chi connectivity index (χ2n) is 7.61. The Bertz CT molecular complexity index is 1270. The van der Waals surface area contributed by atoms with Gasteiger partial charge in [-0.05, 0) is 67.4 Å². The monoisotopic (exact) mass is 443 g/mol. The zero-order chi connectivity index (χ0) is 23.4. The van der Waals surface area contributed by atoms with E-state index in [1.54, 1.807) is 50.4 Å². The fourth-order valence-electron chi connectivity index (χ4n) is 3.49. The van der Waals surface area contributed by atoms with E-state index in [0.29, 0.717) is 33.7 Å². The van der Waals surface area contributed by atoms with Crippen LogP contribution in [0.25, 0.3) is 11.0 Å². The standard InChI is InChI=1S/C27H25NO5/c1-4-18-9-13-21(14-10-18)32-17(2)27(30)28-24-22-7-5-6-8-23(22)33-26(24)25(29)19-11-15-20(31-3)16-12-19/h5-17H,4H2,1-3H3,(H,28,30). The van der Waals surface area contributed by atoms with Gasteiger partial charge in [-0.25, -0.2) is 0 Å². The molecule has 4 rings (SSSR count). The lowest BCUT2D eigenvalue weighted by Crippen LogP contribution is -2.30. The van der Waals surface area contributed by atoms with Gasteiger partial charge in [0.15, 0.2) is 11.9 Å². The third-order valence-electron chi connectivity index (χ3n) is 5.42. The maximum atomic E-state index is 13.2. The van der Waals surface area contributed by atoms with Gasteiger partial charge in [-0.3, -0.25) is 9.59 Å². The Kier molecular flexibility index (Phi) is 6.45. The minimum atomic E-state index is -0.782. The van der Waals surface area contributed by atoms with E-state index in [1.165, 1.54) is 5.56 Å². The number of rotatable bonds is 8. The number of hydrogen-bond acceptors (Lipinski definition) is 5. The number of fused-ring (bicyclic) bond motifs is 1. The molecule has 0 spiro atoms. The van der Waals surface area contributed by atoms with Crippen molar-refractivity contribution in [2.45, 2.75) is 26.4 Å². The maximum absolute atomic E-state index is 13.2. The Balaban J connectivity index is 1.60. The molecule has 1 heterocycles. The van der Waals surface area contributed by atoms with Crippen molar-refractivity contribution in [2.24, 2.45) is 0 Å². The molecule has 0 saturated carbocycles. The van der Waals surface area contributed by atoms with Crippen LogP contribution in [0.15, 0.2) is 77.2 Å². The van der Waals surface area contributed by atoms with Gasteiger partial charge in [-0.15, -0.1) is 0 Å². The van der Waals surface area contributed by atoms with E-state index < -0.39 is 6.10 Å². The first-order valence-electron chi connectivity index (χ1n) is 10.8. The summed E-state index contributed by atoms with van der Waals surface area (Å²) in [5, 5.41) is 3.49. The van der Waals surface area contributed by atoms with E-state index in [0.717, 1.165) is 6.42 Å². The first-order valence-corrected chi connectivity index (χ1v) is 10.8. The van der Waals surface area contributed by atoms with Crippen LogP contribution in [0.4, 0.5) is 5.69 Å². The van der Waals surface area contributed by atoms with Crippen molar-refractivity contribution in [3.63, 3.8) is 0 Å². The first-order chi connectivity index (χ1) is 16.0. The minimum Gasteiger partial charge on any atom is -0.497 e. The van der Waals surface area contributed by atoms with Crippen molar-refractivity contribution in [3.8, 4) is 11.5 Å². The first kappa shape index (κ1) is 22.1. The fraction of sp³-hybridized carbons (Fsp3) is 0.185. The normalized spacial score (nSPS) is 11.7. The van der Waals surface area contributed by atoms with Crippen LogP contribution >= 0.6 is 0 Å². The summed E-state index contributed by atoms with van der Waals surface area (Å²) in [6.45, 7) is 3.74. The molecular weight excluding hydrogens is 418 g/mol. The van der Waals surface area contributed by atoms with E-state index in [1.807, 2.05) is 36.4 Å². The van der Waals surface area contributed by atoms with Crippen LogP contribution in [-0.2, 0) is 11.2 Å². The van der Waals surface area contributed by atoms with Crippen molar-refractivity contribution in [2.75, 3.05) is 12.4 Å². The number of methoxy groups -OCH3 is 1. The quantitative estimate of drug-likeness (QED) is 0.357. The van der Waals surface area contributed by atoms with Gasteiger partial charge in [0.2, 0.25) is 5.78 Å². The van der Waals surface area contributed by atoms with Crippen LogP contribution in [0.3, 0.4) is 0 Å². The number of ketones is 1. The molecule has 168 valence electrons. The van der Waals surface area contributed by atoms with Crippen LogP contribution in [0.2, 0.25) is 0 Å². The SMILES string of the molecule is CCc1ccc(OC(C)C(=O)Nc2c(C(=O)c3ccc(OC)cc3)oc3ccccc23)cc1. The highest BCUT2D eigenvalue weighted by Gasteiger charge is 2.25. The van der Waals surface area contributed by atoms with Crippen molar-refractivity contribution in [1.82, 2.24) is 0 Å². The number of amides is 1. The number of nitrogens with one attached hydrogen (secondary N) is 1. The van der Waals surface area contributed by atoms with Crippen LogP contribution in [-0.4, -0.2) is 24.9 Å². The number of aryl methyl sites for hydroxylation is 1. The summed E-state index contributed by atoms with van der Waals surface area (Å²) in [5.41, 5.74) is 2.44. The molecule has 1 amide bonds. The molecule has 3 aromatic carbocycles. The molecular formula is C27H25NO5. The molecule has 0 aliphatic carbocycles. The number of ether oxygens (including phenoxy) is 2. The van der Waals surface area contributed by atoms with Gasteiger partial charge < -0.3 is 19.2 Å². The van der Waals surface area contributed by atoms with Gasteiger partial charge in [0, 0.05) is 10.9 Å². The number of carbonyl (C=O) groups excluding carboxylic acids is 2. The Morgan fingerprint density at radius 1 is 0.939 bits per heavy atom. The molecule has 0 aliphatic heterocycles. The summed E-state index contributed by atoms with van der Waals surface area (Å²) >= 11 is 0. The molecule has 6 nitrogen and oxygen atoms in total. The van der Waals surface area contributed by atoms with Crippen LogP contribution in [0.1, 0.15) is 35.5 Å². The smallest absolute Gasteiger partial charge is 0.265 e. The zero-order valence-electron chi connectivity index (χ0n) is 18.8. The predicted octanol–water partition coefficient (Wildman–Crippen LogP) is 5.64. The summed E-state index contributed by atoms with van der Waals surface area (Å²) < 4.78 is 16.8. The molecule has 4 aromatic rings. The Morgan fingerprint density at radius 2 is 1.61 bits per heavy atom. The number of hydrogen-bond donors (Lipinski definition) is 1. The Hall–Kier alpha value is -4.06. The summed E-state index contributed by atoms with van der Waals surface area (Å²) in [6.07, 6.45) is 0.143. The van der Waals surface area contributed by atoms with Crippen LogP contribution in [0, 0.1) is 0 Å². The Morgan fingerprint density at radius 3 is 2.27 bits per heavy atom. The zero-order valence-corrected chi connectivity index (χ0v) is 18.8. The lowest BCUT2D eigenvalue weighted by molar-refractivity contribution is -0.122. The molecule has 1 N–H and O–H groups in total. The highest BCUT2D eigenvalue weighted by molar-refractivity contribution is 6.17. The molecule has 6 heteroatoms. The second kappa shape index (κ2) is 9.61. The van der Waals surface area contributed by atoms with E-state index in [9.17, 15) is 9.59 Å². The molecule has 1 atom stereocenters. The van der Waals surface area contributed by atoms with Crippen LogP contribution < -0.4 is 14.8 Å². The third-order valence-corrected chi connectivity index (χ3v) is 5.42. The fourth-order valence-corrected chi connectivity index (χ4v) is 3.49. The molecule has 0 radical (unpaired) electrons. The lowest BCUT2D eigenvalue weighted by atomic mass is 10.1. The van der Waals surface area contributed by atoms with E-state index in [2.05, 4.69) is 12.2 Å². The maximum Gasteiger partial charge on any atom is 0.265 e. The minimum absolute atomic E-state index is 0.0641. The molecule has 0 saturated heterocycles. The average molecular weight is 443 g/mol. The molecule has 33 heavy (non-hydrogen) atoms. The highest BCUT2D eigenvalue weighted by atomic mass is 16.5. The van der Waals surface area contributed by atoms with Gasteiger partial charge in [0.05, 0.1) is 12.8 Å². The third kappa shape index (κ3) is 4.75. The highest BCUT2D eigenvalue weighted by Crippen LogP contribution is 2.33. The number of para-hydroxylation sites is 1. The molecule has 0 fully saturated rings. The number of furan rings is 1. The molecule has 1 aromatic heterocycles. The topological polar surface area (TPSA) is 77.8 Å². The lowest BCUT2D eigenvalue weighted by Gasteiger charge is -2.15. The molecule has 0 bridgehead atoms. The number of carbonyl (C=O) groups is 2. The van der Waals surface area contributed by atoms with E-state index in [4.69, 9.17) is 13.9 Å². The van der Waals surface area contributed by atoms with E-state index in [-0.39, 0.29) is 17.5 Å². The van der Waals surface area contributed by atoms with Crippen LogP contribution in [0.5, 0.6) is 11.5 Å². The van der Waals surface area contributed by atoms with E-state index >= 15 is 0 Å². The van der Waals surface area contributed by atoms with Gasteiger partial charge >= 0.3 is 0 Å². The molecule has 0 aliphatic rings. The summed E-state index contributed by atoms with van der Waals surface area (Å²) in [4.78, 5) is 26.2. The summed E-state index contributed by atoms with van der Waals surface area (Å²) in [7, 11) is 1.56. The largest absolute Gasteiger partial charge is 0.497 e. The molecule has 1 unspecified atom stereocenters. The average Bonchev–Trinajstić information content (AvgIpc) is 3.22. The Labute approximate surface area is 192 Å². The van der Waals surface area contributed by atoms with Crippen molar-refractivity contribution in [3.05, 3.63) is 89.7 Å². The van der Waals surface area contributed by atoms with Crippen molar-refractivity contribution in [1.29, 1.82) is 0 Å². The van der Waals surface area contributed by atoms with Crippen molar-refractivity contribution >= 4 is 28.3 Å². The van der Waals surface area contributed by atoms with Gasteiger partial charge in [0.1, 0.15) is 17.1 Å². The van der Waals surface area contributed by atoms with Gasteiger partial charge in [-0.1, -0.05) is 31.2 Å². The number of anilines is 1. The second-order valence-corrected chi connectivity index (χ2v) is 7.61. The number of benzene rings is 3. The summed E-state index contributed by atoms with van der Waals surface area (Å²) in [6, 6.07) is 21.5.